The fourth-order valence-corrected chi connectivity index (χ4v) is 10.8. The molecule has 47 heavy (non-hydrogen) atoms. The molecular formula is C38H34Cl2O2P2S2Zr. The maximum atomic E-state index is 10.7. The van der Waals surface area contributed by atoms with E-state index < -0.39 is 36.7 Å². The van der Waals surface area contributed by atoms with E-state index in [-0.39, 0.29) is 0 Å². The molecule has 0 aliphatic carbocycles. The standard InChI is InChI=1S/2C19H17OPS.2ClH.Zr/c2*1-22-18-14-8-13-17(19(18)20)21(15-9-4-2-5-10-15)16-11-6-3-7-12-16;;;/h2*2-14,20H,1H3;2*1H;/q;;;;+2/p-2. The van der Waals surface area contributed by atoms with Crippen LogP contribution in [0.15, 0.2) is 168 Å². The molecule has 0 fully saturated rings. The Bertz CT molecular complexity index is 1580. The first kappa shape index (κ1) is 37.8. The van der Waals surface area contributed by atoms with E-state index in [9.17, 15) is 10.2 Å². The Hall–Kier alpha value is -2.06. The Balaban J connectivity index is 0.000000197. The molecule has 0 spiro atoms. The van der Waals surface area contributed by atoms with Crippen LogP contribution in [0, 0.1) is 0 Å². The average molecular weight is 811 g/mol. The fourth-order valence-electron chi connectivity index (χ4n) is 4.87. The van der Waals surface area contributed by atoms with Crippen LogP contribution in [0.25, 0.3) is 0 Å². The number of thioether (sulfide) groups is 2. The van der Waals surface area contributed by atoms with Crippen LogP contribution in [-0.4, -0.2) is 22.7 Å². The molecule has 0 bridgehead atoms. The molecular weight excluding hydrogens is 777 g/mol. The molecule has 0 radical (unpaired) electrons. The second-order valence-corrected chi connectivity index (χ2v) is 19.5. The predicted octanol–water partition coefficient (Wildman–Crippen LogP) is 9.12. The summed E-state index contributed by atoms with van der Waals surface area (Å²) in [6.45, 7) is 0. The second-order valence-electron chi connectivity index (χ2n) is 9.74. The Morgan fingerprint density at radius 3 is 0.915 bits per heavy atom. The number of para-hydroxylation sites is 2. The molecule has 0 heterocycles. The van der Waals surface area contributed by atoms with Gasteiger partial charge in [-0.3, -0.25) is 0 Å². The molecule has 0 aliphatic rings. The van der Waals surface area contributed by atoms with Crippen LogP contribution in [0.4, 0.5) is 0 Å². The van der Waals surface area contributed by atoms with Crippen molar-refractivity contribution in [3.05, 3.63) is 158 Å². The minimum absolute atomic E-state index is 0.411. The summed E-state index contributed by atoms with van der Waals surface area (Å²) in [4.78, 5) is 1.86. The van der Waals surface area contributed by atoms with E-state index in [0.29, 0.717) is 11.5 Å². The fraction of sp³-hybridized carbons (Fsp3) is 0.0526. The van der Waals surface area contributed by atoms with Gasteiger partial charge in [-0.2, -0.15) is 0 Å². The first-order valence-corrected chi connectivity index (χ1v) is 26.0. The molecule has 6 aromatic carbocycles. The van der Waals surface area contributed by atoms with E-state index in [0.717, 1.165) is 20.4 Å². The molecule has 0 unspecified atom stereocenters. The van der Waals surface area contributed by atoms with Crippen molar-refractivity contribution in [3.63, 3.8) is 0 Å². The van der Waals surface area contributed by atoms with Crippen molar-refractivity contribution in [3.8, 4) is 11.5 Å². The van der Waals surface area contributed by atoms with Gasteiger partial charge in [0.2, 0.25) is 0 Å². The van der Waals surface area contributed by atoms with Crippen LogP contribution in [0.2, 0.25) is 0 Å². The topological polar surface area (TPSA) is 40.5 Å². The van der Waals surface area contributed by atoms with Gasteiger partial charge in [0.1, 0.15) is 11.5 Å². The molecule has 0 aromatic heterocycles. The van der Waals surface area contributed by atoms with Gasteiger partial charge in [0, 0.05) is 20.4 Å². The molecule has 6 aromatic rings. The minimum atomic E-state index is -0.826. The zero-order chi connectivity index (χ0) is 33.4. The molecule has 2 nitrogen and oxygen atoms in total. The molecule has 9 heteroatoms. The van der Waals surface area contributed by atoms with E-state index in [2.05, 4.69) is 97.1 Å². The van der Waals surface area contributed by atoms with E-state index in [1.165, 1.54) is 21.2 Å². The Kier molecular flexibility index (Phi) is 16.4. The van der Waals surface area contributed by atoms with Gasteiger partial charge >= 0.3 is 37.9 Å². The Morgan fingerprint density at radius 1 is 0.426 bits per heavy atom. The summed E-state index contributed by atoms with van der Waals surface area (Å²) >= 11 is 2.33. The summed E-state index contributed by atoms with van der Waals surface area (Å²) in [7, 11) is 8.36. The number of hydrogen-bond donors (Lipinski definition) is 2. The van der Waals surface area contributed by atoms with Crippen molar-refractivity contribution < 1.29 is 31.1 Å². The van der Waals surface area contributed by atoms with Crippen molar-refractivity contribution in [1.82, 2.24) is 0 Å². The van der Waals surface area contributed by atoms with Gasteiger partial charge in [0.05, 0.1) is 0 Å². The molecule has 2 N–H and O–H groups in total. The van der Waals surface area contributed by atoms with Crippen molar-refractivity contribution in [2.45, 2.75) is 9.79 Å². The number of phenols is 2. The van der Waals surface area contributed by atoms with Crippen molar-refractivity contribution in [1.29, 1.82) is 0 Å². The molecule has 0 atom stereocenters. The van der Waals surface area contributed by atoms with Gasteiger partial charge in [-0.15, -0.1) is 23.5 Å². The van der Waals surface area contributed by atoms with E-state index in [1.807, 2.05) is 73.2 Å². The summed E-state index contributed by atoms with van der Waals surface area (Å²) < 4.78 is 0. The van der Waals surface area contributed by atoms with Crippen LogP contribution in [0.1, 0.15) is 0 Å². The predicted molar refractivity (Wildman–Crippen MR) is 209 cm³/mol. The number of phenolic OH excluding ortho intramolecular Hbond substituents is 2. The van der Waals surface area contributed by atoms with Crippen molar-refractivity contribution in [2.24, 2.45) is 0 Å². The third kappa shape index (κ3) is 10.5. The van der Waals surface area contributed by atoms with Gasteiger partial charge in [-0.1, -0.05) is 146 Å². The van der Waals surface area contributed by atoms with Crippen LogP contribution < -0.4 is 31.8 Å². The van der Waals surface area contributed by atoms with Crippen LogP contribution in [0.3, 0.4) is 0 Å². The van der Waals surface area contributed by atoms with E-state index in [4.69, 9.17) is 17.0 Å². The molecule has 0 saturated heterocycles. The van der Waals surface area contributed by atoms with E-state index >= 15 is 0 Å². The zero-order valence-corrected chi connectivity index (χ0v) is 33.3. The average Bonchev–Trinajstić information content (AvgIpc) is 3.12. The zero-order valence-electron chi connectivity index (χ0n) is 25.9. The monoisotopic (exact) mass is 808 g/mol. The summed E-state index contributed by atoms with van der Waals surface area (Å²) in [5.74, 6) is 0.822. The Morgan fingerprint density at radius 2 is 0.681 bits per heavy atom. The Labute approximate surface area is 308 Å². The van der Waals surface area contributed by atoms with Gasteiger partial charge in [0.15, 0.2) is 0 Å². The number of aromatic hydroxyl groups is 2. The van der Waals surface area contributed by atoms with Crippen LogP contribution in [-0.2, 0) is 20.8 Å². The first-order chi connectivity index (χ1) is 23.0. The van der Waals surface area contributed by atoms with Gasteiger partial charge in [-0.05, 0) is 61.7 Å². The molecule has 0 amide bonds. The number of hydrogen-bond acceptors (Lipinski definition) is 4. The van der Waals surface area contributed by atoms with Crippen molar-refractivity contribution >= 4 is 88.2 Å². The van der Waals surface area contributed by atoms with Gasteiger partial charge < -0.3 is 10.2 Å². The van der Waals surface area contributed by atoms with Crippen molar-refractivity contribution in [2.75, 3.05) is 12.5 Å². The second kappa shape index (κ2) is 20.5. The number of rotatable bonds is 8. The summed E-state index contributed by atoms with van der Waals surface area (Å²) in [6, 6.07) is 53.8. The maximum absolute atomic E-state index is 10.7. The molecule has 0 aliphatic heterocycles. The number of benzene rings is 6. The summed E-state index contributed by atoms with van der Waals surface area (Å²) in [5, 5.41) is 28.4. The van der Waals surface area contributed by atoms with Crippen LogP contribution >= 0.6 is 56.4 Å². The summed E-state index contributed by atoms with van der Waals surface area (Å²) in [6.07, 6.45) is 3.98. The van der Waals surface area contributed by atoms with Crippen LogP contribution in [0.5, 0.6) is 11.5 Å². The van der Waals surface area contributed by atoms with Gasteiger partial charge in [0.25, 0.3) is 0 Å². The molecule has 238 valence electrons. The van der Waals surface area contributed by atoms with Gasteiger partial charge in [-0.25, -0.2) is 0 Å². The number of halogens is 2. The molecule has 6 rings (SSSR count). The third-order valence-electron chi connectivity index (χ3n) is 6.93. The van der Waals surface area contributed by atoms with E-state index in [1.54, 1.807) is 23.5 Å². The third-order valence-corrected chi connectivity index (χ3v) is 13.4. The SMILES string of the molecule is CSc1cccc(P(c2ccccc2)c2ccccc2)c1O.CSc1cccc(P(c2ccccc2)c2ccccc2)c1O.[Cl][Zr][Cl]. The quantitative estimate of drug-likeness (QED) is 0.119. The summed E-state index contributed by atoms with van der Waals surface area (Å²) in [5.41, 5.74) is 0. The first-order valence-electron chi connectivity index (χ1n) is 14.5. The molecule has 0 saturated carbocycles. The normalized spacial score (nSPS) is 10.4.